The van der Waals surface area contributed by atoms with Gasteiger partial charge in [0.2, 0.25) is 0 Å². The minimum Gasteiger partial charge on any atom is -0.508 e. The van der Waals surface area contributed by atoms with Crippen LogP contribution < -0.4 is 15.5 Å². The first-order valence-electron chi connectivity index (χ1n) is 11.1. The first-order chi connectivity index (χ1) is 17.0. The highest BCUT2D eigenvalue weighted by molar-refractivity contribution is 6.08. The highest BCUT2D eigenvalue weighted by Crippen LogP contribution is 2.28. The predicted octanol–water partition coefficient (Wildman–Crippen LogP) is 5.27. The summed E-state index contributed by atoms with van der Waals surface area (Å²) in [6.07, 6.45) is 0. The van der Waals surface area contributed by atoms with Gasteiger partial charge in [0.25, 0.3) is 5.91 Å². The first-order valence-corrected chi connectivity index (χ1v) is 11.1. The molecule has 4 aromatic carbocycles. The molecule has 0 spiro atoms. The van der Waals surface area contributed by atoms with Crippen LogP contribution in [-0.4, -0.2) is 22.2 Å². The molecule has 0 aliphatic carbocycles. The van der Waals surface area contributed by atoms with Gasteiger partial charge in [-0.25, -0.2) is 4.79 Å². The maximum Gasteiger partial charge on any atom is 0.319 e. The van der Waals surface area contributed by atoms with Crippen molar-refractivity contribution in [1.29, 1.82) is 0 Å². The average molecular weight is 468 g/mol. The van der Waals surface area contributed by atoms with Crippen molar-refractivity contribution in [3.8, 4) is 11.5 Å². The second-order valence-corrected chi connectivity index (χ2v) is 7.92. The molecule has 7 heteroatoms. The van der Waals surface area contributed by atoms with Crippen LogP contribution in [0.15, 0.2) is 103 Å². The zero-order chi connectivity index (χ0) is 24.6. The number of carbonyl (C=O) groups is 2. The van der Waals surface area contributed by atoms with Gasteiger partial charge >= 0.3 is 6.03 Å². The Balaban J connectivity index is 1.51. The van der Waals surface area contributed by atoms with Gasteiger partial charge in [-0.3, -0.25) is 4.79 Å². The van der Waals surface area contributed by atoms with Crippen LogP contribution in [0.25, 0.3) is 0 Å². The standard InChI is InChI=1S/C28H25N3O4/c32-24-15-16-25(26(33)17-24)27(34)31(19-21-9-5-2-6-10-21)23-13-11-22(12-14-23)30-28(35)29-18-20-7-3-1-4-8-20/h1-17,32-33H,18-19H2,(H2,29,30,35). The summed E-state index contributed by atoms with van der Waals surface area (Å²) < 4.78 is 0. The lowest BCUT2D eigenvalue weighted by Crippen LogP contribution is -2.30. The normalized spacial score (nSPS) is 10.4. The van der Waals surface area contributed by atoms with E-state index in [0.717, 1.165) is 17.2 Å². The van der Waals surface area contributed by atoms with Crippen LogP contribution in [0.3, 0.4) is 0 Å². The number of hydrogen-bond acceptors (Lipinski definition) is 4. The third kappa shape index (κ3) is 6.17. The number of aromatic hydroxyl groups is 2. The number of nitrogens with one attached hydrogen (secondary N) is 2. The number of amides is 3. The Morgan fingerprint density at radius 2 is 1.37 bits per heavy atom. The van der Waals surface area contributed by atoms with Gasteiger partial charge in [0, 0.05) is 24.0 Å². The molecule has 0 aliphatic rings. The quantitative estimate of drug-likeness (QED) is 0.297. The number of carbonyl (C=O) groups excluding carboxylic acids is 2. The number of anilines is 2. The lowest BCUT2D eigenvalue weighted by atomic mass is 10.1. The molecule has 0 radical (unpaired) electrons. The molecule has 35 heavy (non-hydrogen) atoms. The van der Waals surface area contributed by atoms with Crippen molar-refractivity contribution in [3.05, 3.63) is 120 Å². The van der Waals surface area contributed by atoms with Crippen molar-refractivity contribution in [2.24, 2.45) is 0 Å². The average Bonchev–Trinajstić information content (AvgIpc) is 2.87. The van der Waals surface area contributed by atoms with E-state index in [1.807, 2.05) is 60.7 Å². The summed E-state index contributed by atoms with van der Waals surface area (Å²) in [5.74, 6) is -0.858. The molecule has 0 unspecified atom stereocenters. The second kappa shape index (κ2) is 10.9. The van der Waals surface area contributed by atoms with Crippen LogP contribution in [0.5, 0.6) is 11.5 Å². The van der Waals surface area contributed by atoms with E-state index in [-0.39, 0.29) is 29.6 Å². The van der Waals surface area contributed by atoms with Crippen molar-refractivity contribution in [3.63, 3.8) is 0 Å². The van der Waals surface area contributed by atoms with Crippen molar-refractivity contribution in [2.45, 2.75) is 13.1 Å². The first kappa shape index (κ1) is 23.4. The second-order valence-electron chi connectivity index (χ2n) is 7.92. The maximum absolute atomic E-state index is 13.4. The molecule has 4 N–H and O–H groups in total. The molecular weight excluding hydrogens is 442 g/mol. The zero-order valence-corrected chi connectivity index (χ0v) is 18.9. The number of phenolic OH excluding ortho intramolecular Hbond substituents is 2. The fourth-order valence-corrected chi connectivity index (χ4v) is 3.57. The van der Waals surface area contributed by atoms with Crippen LogP contribution >= 0.6 is 0 Å². The summed E-state index contributed by atoms with van der Waals surface area (Å²) in [4.78, 5) is 27.2. The number of rotatable bonds is 7. The monoisotopic (exact) mass is 467 g/mol. The fourth-order valence-electron chi connectivity index (χ4n) is 3.57. The number of urea groups is 1. The molecule has 4 aromatic rings. The minimum atomic E-state index is -0.423. The van der Waals surface area contributed by atoms with E-state index < -0.39 is 5.91 Å². The molecule has 0 aliphatic heterocycles. The van der Waals surface area contributed by atoms with Crippen LogP contribution in [0.4, 0.5) is 16.2 Å². The summed E-state index contributed by atoms with van der Waals surface area (Å²) in [6.45, 7) is 0.671. The predicted molar refractivity (Wildman–Crippen MR) is 135 cm³/mol. The molecule has 176 valence electrons. The van der Waals surface area contributed by atoms with E-state index in [9.17, 15) is 19.8 Å². The Kier molecular flexibility index (Phi) is 7.28. The highest BCUT2D eigenvalue weighted by atomic mass is 16.3. The molecular formula is C28H25N3O4. The molecule has 0 saturated heterocycles. The summed E-state index contributed by atoms with van der Waals surface area (Å²) >= 11 is 0. The topological polar surface area (TPSA) is 102 Å². The third-order valence-corrected chi connectivity index (χ3v) is 5.37. The summed E-state index contributed by atoms with van der Waals surface area (Å²) in [5, 5.41) is 25.4. The van der Waals surface area contributed by atoms with E-state index in [1.54, 1.807) is 24.3 Å². The molecule has 0 saturated carbocycles. The molecule has 0 fully saturated rings. The van der Waals surface area contributed by atoms with Gasteiger partial charge in [0.15, 0.2) is 0 Å². The van der Waals surface area contributed by atoms with Crippen molar-refractivity contribution < 1.29 is 19.8 Å². The van der Waals surface area contributed by atoms with Gasteiger partial charge in [-0.05, 0) is 47.5 Å². The minimum absolute atomic E-state index is 0.0706. The summed E-state index contributed by atoms with van der Waals surface area (Å²) in [6, 6.07) is 29.5. The molecule has 0 aromatic heterocycles. The molecule has 0 atom stereocenters. The van der Waals surface area contributed by atoms with Crippen LogP contribution in [0.1, 0.15) is 21.5 Å². The van der Waals surface area contributed by atoms with E-state index in [1.165, 1.54) is 17.0 Å². The molecule has 7 nitrogen and oxygen atoms in total. The van der Waals surface area contributed by atoms with Gasteiger partial charge in [-0.1, -0.05) is 60.7 Å². The van der Waals surface area contributed by atoms with E-state index in [0.29, 0.717) is 17.9 Å². The van der Waals surface area contributed by atoms with Gasteiger partial charge < -0.3 is 25.7 Å². The maximum atomic E-state index is 13.4. The smallest absolute Gasteiger partial charge is 0.319 e. The SMILES string of the molecule is O=C(NCc1ccccc1)Nc1ccc(N(Cc2ccccc2)C(=O)c2ccc(O)cc2O)cc1. The molecule has 4 rings (SSSR count). The Morgan fingerprint density at radius 1 is 0.743 bits per heavy atom. The lowest BCUT2D eigenvalue weighted by molar-refractivity contribution is 0.0982. The Labute approximate surface area is 203 Å². The van der Waals surface area contributed by atoms with Gasteiger partial charge in [0.1, 0.15) is 11.5 Å². The summed E-state index contributed by atoms with van der Waals surface area (Å²) in [5.41, 5.74) is 3.12. The van der Waals surface area contributed by atoms with Crippen molar-refractivity contribution in [1.82, 2.24) is 5.32 Å². The molecule has 3 amide bonds. The number of nitrogens with zero attached hydrogens (tertiary/aromatic N) is 1. The Bertz CT molecular complexity index is 1290. The largest absolute Gasteiger partial charge is 0.508 e. The highest BCUT2D eigenvalue weighted by Gasteiger charge is 2.21. The van der Waals surface area contributed by atoms with Crippen molar-refractivity contribution in [2.75, 3.05) is 10.2 Å². The Morgan fingerprint density at radius 3 is 2.00 bits per heavy atom. The number of benzene rings is 4. The van der Waals surface area contributed by atoms with E-state index in [2.05, 4.69) is 10.6 Å². The fraction of sp³-hybridized carbons (Fsp3) is 0.0714. The van der Waals surface area contributed by atoms with Gasteiger partial charge in [-0.15, -0.1) is 0 Å². The van der Waals surface area contributed by atoms with Gasteiger partial charge in [-0.2, -0.15) is 0 Å². The Hall–Kier alpha value is -4.78. The summed E-state index contributed by atoms with van der Waals surface area (Å²) in [7, 11) is 0. The van der Waals surface area contributed by atoms with Gasteiger partial charge in [0.05, 0.1) is 12.1 Å². The van der Waals surface area contributed by atoms with Crippen molar-refractivity contribution >= 4 is 23.3 Å². The number of hydrogen-bond donors (Lipinski definition) is 4. The van der Waals surface area contributed by atoms with Crippen LogP contribution in [0, 0.1) is 0 Å². The van der Waals surface area contributed by atoms with E-state index in [4.69, 9.17) is 0 Å². The van der Waals surface area contributed by atoms with E-state index >= 15 is 0 Å². The van der Waals surface area contributed by atoms with Crippen LogP contribution in [-0.2, 0) is 13.1 Å². The molecule has 0 bridgehead atoms. The zero-order valence-electron chi connectivity index (χ0n) is 18.9. The molecule has 0 heterocycles. The number of phenols is 2. The third-order valence-electron chi connectivity index (χ3n) is 5.37. The van der Waals surface area contributed by atoms with Crippen LogP contribution in [0.2, 0.25) is 0 Å². The lowest BCUT2D eigenvalue weighted by Gasteiger charge is -2.24.